The molecule has 0 unspecified atom stereocenters. The summed E-state index contributed by atoms with van der Waals surface area (Å²) in [7, 11) is 0. The van der Waals surface area contributed by atoms with E-state index in [1.165, 1.54) is 19.3 Å². The molecule has 0 aromatic rings. The minimum atomic E-state index is 0.366. The molecule has 0 heterocycles. The lowest BCUT2D eigenvalue weighted by Crippen LogP contribution is -2.20. The smallest absolute Gasteiger partial charge is 0.136 e. The molecule has 0 bridgehead atoms. The molecule has 0 amide bonds. The van der Waals surface area contributed by atoms with Gasteiger partial charge in [-0.05, 0) is 25.2 Å². The molecule has 2 rings (SSSR count). The highest BCUT2D eigenvalue weighted by Crippen LogP contribution is 2.33. The molecule has 0 spiro atoms. The van der Waals surface area contributed by atoms with Crippen molar-refractivity contribution in [2.45, 2.75) is 38.5 Å². The van der Waals surface area contributed by atoms with Crippen molar-refractivity contribution in [2.24, 2.45) is 11.8 Å². The minimum absolute atomic E-state index is 0.366. The SMILES string of the molecule is O=C1CCCCC[C@H]2C=CC[C@@H]12. The lowest BCUT2D eigenvalue weighted by atomic mass is 9.83. The highest BCUT2D eigenvalue weighted by atomic mass is 16.1. The van der Waals surface area contributed by atoms with Gasteiger partial charge in [-0.1, -0.05) is 25.0 Å². The molecule has 0 aromatic carbocycles. The first-order valence-electron chi connectivity index (χ1n) is 5.07. The van der Waals surface area contributed by atoms with Crippen LogP contribution in [0.15, 0.2) is 12.2 Å². The zero-order valence-corrected chi connectivity index (χ0v) is 7.46. The van der Waals surface area contributed by atoms with Crippen LogP contribution in [0.2, 0.25) is 0 Å². The van der Waals surface area contributed by atoms with Crippen LogP contribution < -0.4 is 0 Å². The summed E-state index contributed by atoms with van der Waals surface area (Å²) in [6.07, 6.45) is 11.2. The summed E-state index contributed by atoms with van der Waals surface area (Å²) in [5.41, 5.74) is 0. The third-order valence-corrected chi connectivity index (χ3v) is 3.16. The maximum atomic E-state index is 11.6. The van der Waals surface area contributed by atoms with Crippen molar-refractivity contribution in [3.05, 3.63) is 12.2 Å². The average Bonchev–Trinajstić information content (AvgIpc) is 2.47. The molecule has 1 fully saturated rings. The van der Waals surface area contributed by atoms with Crippen LogP contribution in [0.1, 0.15) is 38.5 Å². The largest absolute Gasteiger partial charge is 0.299 e. The lowest BCUT2D eigenvalue weighted by Gasteiger charge is -2.20. The second-order valence-corrected chi connectivity index (χ2v) is 4.00. The van der Waals surface area contributed by atoms with E-state index >= 15 is 0 Å². The molecule has 0 radical (unpaired) electrons. The van der Waals surface area contributed by atoms with E-state index in [1.54, 1.807) is 0 Å². The summed E-state index contributed by atoms with van der Waals surface area (Å²) in [5.74, 6) is 1.48. The Morgan fingerprint density at radius 1 is 1.25 bits per heavy atom. The van der Waals surface area contributed by atoms with Gasteiger partial charge >= 0.3 is 0 Å². The zero-order valence-electron chi connectivity index (χ0n) is 7.46. The highest BCUT2D eigenvalue weighted by Gasteiger charge is 2.29. The van der Waals surface area contributed by atoms with Gasteiger partial charge in [-0.25, -0.2) is 0 Å². The number of ketones is 1. The first kappa shape index (κ1) is 8.03. The molecule has 1 nitrogen and oxygen atoms in total. The Hall–Kier alpha value is -0.590. The van der Waals surface area contributed by atoms with Crippen LogP contribution in [-0.4, -0.2) is 5.78 Å². The molecule has 2 atom stereocenters. The van der Waals surface area contributed by atoms with Crippen LogP contribution in [0, 0.1) is 11.8 Å². The molecular weight excluding hydrogens is 148 g/mol. The fourth-order valence-electron chi connectivity index (χ4n) is 2.42. The van der Waals surface area contributed by atoms with Gasteiger partial charge in [0.05, 0.1) is 0 Å². The standard InChI is InChI=1S/C11H16O/c12-11-8-3-1-2-5-9-6-4-7-10(9)11/h4,6,9-10H,1-3,5,7-8H2/t9-,10+/m0/s1. The van der Waals surface area contributed by atoms with E-state index < -0.39 is 0 Å². The Bertz CT molecular complexity index is 205. The normalized spacial score (nSPS) is 35.8. The van der Waals surface area contributed by atoms with Crippen LogP contribution >= 0.6 is 0 Å². The maximum absolute atomic E-state index is 11.6. The molecule has 0 aliphatic heterocycles. The predicted molar refractivity (Wildman–Crippen MR) is 48.8 cm³/mol. The predicted octanol–water partition coefficient (Wildman–Crippen LogP) is 2.71. The van der Waals surface area contributed by atoms with Gasteiger partial charge in [0.15, 0.2) is 0 Å². The van der Waals surface area contributed by atoms with E-state index in [9.17, 15) is 4.79 Å². The van der Waals surface area contributed by atoms with Crippen molar-refractivity contribution in [1.29, 1.82) is 0 Å². The third-order valence-electron chi connectivity index (χ3n) is 3.16. The van der Waals surface area contributed by atoms with Gasteiger partial charge < -0.3 is 0 Å². The molecule has 0 N–H and O–H groups in total. The summed E-state index contributed by atoms with van der Waals surface area (Å²) in [5, 5.41) is 0. The summed E-state index contributed by atoms with van der Waals surface area (Å²) in [6, 6.07) is 0. The van der Waals surface area contributed by atoms with E-state index in [-0.39, 0.29) is 0 Å². The van der Waals surface area contributed by atoms with Crippen LogP contribution in [-0.2, 0) is 4.79 Å². The minimum Gasteiger partial charge on any atom is -0.299 e. The Kier molecular flexibility index (Phi) is 2.29. The molecular formula is C11H16O. The molecule has 66 valence electrons. The average molecular weight is 164 g/mol. The van der Waals surface area contributed by atoms with E-state index in [2.05, 4.69) is 12.2 Å². The fraction of sp³-hybridized carbons (Fsp3) is 0.727. The molecule has 0 saturated heterocycles. The van der Waals surface area contributed by atoms with Crippen molar-refractivity contribution in [2.75, 3.05) is 0 Å². The van der Waals surface area contributed by atoms with Gasteiger partial charge in [0.25, 0.3) is 0 Å². The van der Waals surface area contributed by atoms with Crippen LogP contribution in [0.25, 0.3) is 0 Å². The fourth-order valence-corrected chi connectivity index (χ4v) is 2.42. The van der Waals surface area contributed by atoms with Crippen molar-refractivity contribution in [3.63, 3.8) is 0 Å². The van der Waals surface area contributed by atoms with Gasteiger partial charge in [0.1, 0.15) is 5.78 Å². The van der Waals surface area contributed by atoms with Gasteiger partial charge in [-0.3, -0.25) is 4.79 Å². The number of allylic oxidation sites excluding steroid dienone is 2. The Morgan fingerprint density at radius 2 is 2.17 bits per heavy atom. The number of hydrogen-bond acceptors (Lipinski definition) is 1. The Balaban J connectivity index is 2.06. The zero-order chi connectivity index (χ0) is 8.39. The van der Waals surface area contributed by atoms with Crippen LogP contribution in [0.5, 0.6) is 0 Å². The van der Waals surface area contributed by atoms with Crippen molar-refractivity contribution >= 4 is 5.78 Å². The van der Waals surface area contributed by atoms with Gasteiger partial charge in [0, 0.05) is 12.3 Å². The van der Waals surface area contributed by atoms with Crippen molar-refractivity contribution in [1.82, 2.24) is 0 Å². The topological polar surface area (TPSA) is 17.1 Å². The number of carbonyl (C=O) groups is 1. The van der Waals surface area contributed by atoms with Gasteiger partial charge in [-0.15, -0.1) is 0 Å². The summed E-state index contributed by atoms with van der Waals surface area (Å²) in [6.45, 7) is 0. The Labute approximate surface area is 73.8 Å². The summed E-state index contributed by atoms with van der Waals surface area (Å²) >= 11 is 0. The lowest BCUT2D eigenvalue weighted by molar-refractivity contribution is -0.124. The van der Waals surface area contributed by atoms with Crippen molar-refractivity contribution in [3.8, 4) is 0 Å². The van der Waals surface area contributed by atoms with E-state index in [0.717, 1.165) is 19.3 Å². The number of Topliss-reactive ketones (excluding diaryl/α,β-unsaturated/α-hetero) is 1. The molecule has 0 aromatic heterocycles. The Morgan fingerprint density at radius 3 is 3.08 bits per heavy atom. The number of hydrogen-bond donors (Lipinski definition) is 0. The number of fused-ring (bicyclic) bond motifs is 1. The quantitative estimate of drug-likeness (QED) is 0.503. The maximum Gasteiger partial charge on any atom is 0.136 e. The summed E-state index contributed by atoms with van der Waals surface area (Å²) < 4.78 is 0. The van der Waals surface area contributed by atoms with Crippen LogP contribution in [0.4, 0.5) is 0 Å². The van der Waals surface area contributed by atoms with Gasteiger partial charge in [-0.2, -0.15) is 0 Å². The van der Waals surface area contributed by atoms with E-state index in [1.807, 2.05) is 0 Å². The molecule has 1 saturated carbocycles. The van der Waals surface area contributed by atoms with E-state index in [0.29, 0.717) is 17.6 Å². The number of carbonyl (C=O) groups excluding carboxylic acids is 1. The molecule has 1 heteroatoms. The monoisotopic (exact) mass is 164 g/mol. The van der Waals surface area contributed by atoms with Crippen LogP contribution in [0.3, 0.4) is 0 Å². The van der Waals surface area contributed by atoms with Gasteiger partial charge in [0.2, 0.25) is 0 Å². The molecule has 2 aliphatic rings. The molecule has 12 heavy (non-hydrogen) atoms. The van der Waals surface area contributed by atoms with E-state index in [4.69, 9.17) is 0 Å². The summed E-state index contributed by atoms with van der Waals surface area (Å²) in [4.78, 5) is 11.6. The van der Waals surface area contributed by atoms with Crippen molar-refractivity contribution < 1.29 is 4.79 Å². The molecule has 2 aliphatic carbocycles. The first-order chi connectivity index (χ1) is 5.88. The first-order valence-corrected chi connectivity index (χ1v) is 5.07. The second kappa shape index (κ2) is 3.42. The number of rotatable bonds is 0. The third kappa shape index (κ3) is 1.45. The second-order valence-electron chi connectivity index (χ2n) is 4.00. The highest BCUT2D eigenvalue weighted by molar-refractivity contribution is 5.82.